The fraction of sp³-hybridized carbons (Fsp3) is 0.188. The molecule has 0 radical (unpaired) electrons. The zero-order valence-electron chi connectivity index (χ0n) is 12.7. The van der Waals surface area contributed by atoms with Crippen molar-refractivity contribution in [3.63, 3.8) is 0 Å². The number of methoxy groups -OCH3 is 2. The standard InChI is InChI=1S/C16H16F2N2O3/c1-22-13-8-3-5-10(15(13)23-2)9-19-16(21)20-14-11(17)6-4-7-12(14)18/h3-8H,9H2,1-2H3,(H2,19,20,21). The van der Waals surface area contributed by atoms with Crippen molar-refractivity contribution in [3.8, 4) is 11.5 Å². The van der Waals surface area contributed by atoms with Crippen LogP contribution >= 0.6 is 0 Å². The first kappa shape index (κ1) is 16.5. The largest absolute Gasteiger partial charge is 0.493 e. The number of urea groups is 1. The second-order valence-corrected chi connectivity index (χ2v) is 4.56. The van der Waals surface area contributed by atoms with Crippen molar-refractivity contribution in [2.24, 2.45) is 0 Å². The van der Waals surface area contributed by atoms with E-state index in [9.17, 15) is 13.6 Å². The topological polar surface area (TPSA) is 59.6 Å². The van der Waals surface area contributed by atoms with Crippen LogP contribution in [0.15, 0.2) is 36.4 Å². The molecule has 23 heavy (non-hydrogen) atoms. The number of carbonyl (C=O) groups is 1. The molecule has 0 heterocycles. The minimum Gasteiger partial charge on any atom is -0.493 e. The molecule has 7 heteroatoms. The van der Waals surface area contributed by atoms with Gasteiger partial charge in [0.2, 0.25) is 0 Å². The van der Waals surface area contributed by atoms with E-state index in [1.807, 2.05) is 0 Å². The van der Waals surface area contributed by atoms with Crippen LogP contribution in [0.3, 0.4) is 0 Å². The highest BCUT2D eigenvalue weighted by molar-refractivity contribution is 5.89. The van der Waals surface area contributed by atoms with Crippen molar-refractivity contribution in [2.75, 3.05) is 19.5 Å². The third kappa shape index (κ3) is 3.88. The van der Waals surface area contributed by atoms with Crippen molar-refractivity contribution >= 4 is 11.7 Å². The fourth-order valence-electron chi connectivity index (χ4n) is 2.04. The van der Waals surface area contributed by atoms with Crippen LogP contribution in [0, 0.1) is 11.6 Å². The first-order chi connectivity index (χ1) is 11.1. The Hall–Kier alpha value is -2.83. The summed E-state index contributed by atoms with van der Waals surface area (Å²) in [5.74, 6) is -0.696. The lowest BCUT2D eigenvalue weighted by atomic mass is 10.2. The van der Waals surface area contributed by atoms with Crippen LogP contribution in [0.5, 0.6) is 11.5 Å². The van der Waals surface area contributed by atoms with Crippen molar-refractivity contribution in [1.29, 1.82) is 0 Å². The molecule has 122 valence electrons. The van der Waals surface area contributed by atoms with Gasteiger partial charge in [-0.1, -0.05) is 18.2 Å². The van der Waals surface area contributed by atoms with E-state index >= 15 is 0 Å². The maximum Gasteiger partial charge on any atom is 0.319 e. The molecule has 0 aliphatic heterocycles. The number of hydrogen-bond acceptors (Lipinski definition) is 3. The van der Waals surface area contributed by atoms with Crippen LogP contribution in [-0.4, -0.2) is 20.3 Å². The number of anilines is 1. The Labute approximate surface area is 132 Å². The molecule has 0 spiro atoms. The zero-order chi connectivity index (χ0) is 16.8. The highest BCUT2D eigenvalue weighted by atomic mass is 19.1. The normalized spacial score (nSPS) is 10.1. The number of para-hydroxylation sites is 2. The van der Waals surface area contributed by atoms with Gasteiger partial charge in [0.25, 0.3) is 0 Å². The monoisotopic (exact) mass is 322 g/mol. The van der Waals surface area contributed by atoms with Crippen molar-refractivity contribution < 1.29 is 23.0 Å². The third-order valence-electron chi connectivity index (χ3n) is 3.13. The second kappa shape index (κ2) is 7.44. The molecule has 0 fully saturated rings. The molecule has 0 unspecified atom stereocenters. The number of halogens is 2. The third-order valence-corrected chi connectivity index (χ3v) is 3.13. The van der Waals surface area contributed by atoms with Crippen LogP contribution in [0.2, 0.25) is 0 Å². The van der Waals surface area contributed by atoms with E-state index in [-0.39, 0.29) is 6.54 Å². The number of amides is 2. The summed E-state index contributed by atoms with van der Waals surface area (Å²) in [6.45, 7) is 0.0995. The Morgan fingerprint density at radius 1 is 1.04 bits per heavy atom. The Bertz CT molecular complexity index is 687. The Morgan fingerprint density at radius 2 is 1.70 bits per heavy atom. The van der Waals surface area contributed by atoms with Gasteiger partial charge in [-0.25, -0.2) is 13.6 Å². The molecule has 0 aliphatic rings. The van der Waals surface area contributed by atoms with Gasteiger partial charge in [0.15, 0.2) is 11.5 Å². The van der Waals surface area contributed by atoms with Crippen molar-refractivity contribution in [3.05, 3.63) is 53.6 Å². The number of hydrogen-bond donors (Lipinski definition) is 2. The van der Waals surface area contributed by atoms with Crippen LogP contribution in [0.4, 0.5) is 19.3 Å². The van der Waals surface area contributed by atoms with Crippen LogP contribution in [0.25, 0.3) is 0 Å². The molecule has 0 saturated heterocycles. The molecule has 0 aromatic heterocycles. The quantitative estimate of drug-likeness (QED) is 0.888. The van der Waals surface area contributed by atoms with E-state index in [1.165, 1.54) is 20.3 Å². The molecular formula is C16H16F2N2O3. The van der Waals surface area contributed by atoms with E-state index in [0.717, 1.165) is 12.1 Å². The van der Waals surface area contributed by atoms with E-state index in [2.05, 4.69) is 10.6 Å². The van der Waals surface area contributed by atoms with E-state index in [0.29, 0.717) is 17.1 Å². The Balaban J connectivity index is 2.05. The summed E-state index contributed by atoms with van der Waals surface area (Å²) in [5.41, 5.74) is 0.165. The number of ether oxygens (including phenoxy) is 2. The average Bonchev–Trinajstić information content (AvgIpc) is 2.55. The van der Waals surface area contributed by atoms with Gasteiger partial charge in [-0.05, 0) is 18.2 Å². The van der Waals surface area contributed by atoms with E-state index in [1.54, 1.807) is 18.2 Å². The minimum absolute atomic E-state index is 0.0995. The zero-order valence-corrected chi connectivity index (χ0v) is 12.7. The number of rotatable bonds is 5. The van der Waals surface area contributed by atoms with Gasteiger partial charge >= 0.3 is 6.03 Å². The number of carbonyl (C=O) groups excluding carboxylic acids is 1. The maximum absolute atomic E-state index is 13.5. The van der Waals surface area contributed by atoms with Gasteiger partial charge in [0.1, 0.15) is 17.3 Å². The molecule has 2 N–H and O–H groups in total. The summed E-state index contributed by atoms with van der Waals surface area (Å²) in [4.78, 5) is 11.8. The molecule has 5 nitrogen and oxygen atoms in total. The van der Waals surface area contributed by atoms with Crippen LogP contribution in [0.1, 0.15) is 5.56 Å². The summed E-state index contributed by atoms with van der Waals surface area (Å²) in [6.07, 6.45) is 0. The van der Waals surface area contributed by atoms with Crippen LogP contribution < -0.4 is 20.1 Å². The van der Waals surface area contributed by atoms with Crippen LogP contribution in [-0.2, 0) is 6.54 Å². The number of benzene rings is 2. The fourth-order valence-corrected chi connectivity index (χ4v) is 2.04. The van der Waals surface area contributed by atoms with Gasteiger partial charge in [0.05, 0.1) is 14.2 Å². The van der Waals surface area contributed by atoms with Gasteiger partial charge in [-0.15, -0.1) is 0 Å². The molecule has 2 aromatic carbocycles. The van der Waals surface area contributed by atoms with Crippen molar-refractivity contribution in [1.82, 2.24) is 5.32 Å². The maximum atomic E-state index is 13.5. The predicted molar refractivity (Wildman–Crippen MR) is 81.8 cm³/mol. The minimum atomic E-state index is -0.848. The highest BCUT2D eigenvalue weighted by Gasteiger charge is 2.13. The summed E-state index contributed by atoms with van der Waals surface area (Å²) in [5, 5.41) is 4.65. The summed E-state index contributed by atoms with van der Waals surface area (Å²) in [6, 6.07) is 7.80. The summed E-state index contributed by atoms with van der Waals surface area (Å²) in [7, 11) is 2.98. The van der Waals surface area contributed by atoms with E-state index < -0.39 is 23.4 Å². The molecule has 2 amide bonds. The highest BCUT2D eigenvalue weighted by Crippen LogP contribution is 2.30. The lowest BCUT2D eigenvalue weighted by Crippen LogP contribution is -2.29. The SMILES string of the molecule is COc1cccc(CNC(=O)Nc2c(F)cccc2F)c1OC. The van der Waals surface area contributed by atoms with Gasteiger partial charge in [-0.3, -0.25) is 0 Å². The molecule has 0 saturated carbocycles. The molecular weight excluding hydrogens is 306 g/mol. The van der Waals surface area contributed by atoms with E-state index in [4.69, 9.17) is 9.47 Å². The summed E-state index contributed by atoms with van der Waals surface area (Å²) < 4.78 is 37.3. The summed E-state index contributed by atoms with van der Waals surface area (Å²) >= 11 is 0. The van der Waals surface area contributed by atoms with Gasteiger partial charge in [-0.2, -0.15) is 0 Å². The first-order valence-electron chi connectivity index (χ1n) is 6.75. The Kier molecular flexibility index (Phi) is 5.35. The molecule has 0 atom stereocenters. The molecule has 2 rings (SSSR count). The average molecular weight is 322 g/mol. The molecule has 0 bridgehead atoms. The molecule has 0 aliphatic carbocycles. The lowest BCUT2D eigenvalue weighted by Gasteiger charge is -2.13. The van der Waals surface area contributed by atoms with Gasteiger partial charge in [0, 0.05) is 12.1 Å². The smallest absolute Gasteiger partial charge is 0.319 e. The molecule has 2 aromatic rings. The van der Waals surface area contributed by atoms with Crippen molar-refractivity contribution in [2.45, 2.75) is 6.54 Å². The lowest BCUT2D eigenvalue weighted by molar-refractivity contribution is 0.251. The predicted octanol–water partition coefficient (Wildman–Crippen LogP) is 3.30. The Morgan fingerprint density at radius 3 is 2.30 bits per heavy atom. The van der Waals surface area contributed by atoms with Gasteiger partial charge < -0.3 is 20.1 Å². The number of nitrogens with one attached hydrogen (secondary N) is 2. The first-order valence-corrected chi connectivity index (χ1v) is 6.75. The second-order valence-electron chi connectivity index (χ2n) is 4.56.